The van der Waals surface area contributed by atoms with Crippen LogP contribution < -0.4 is 5.73 Å². The molecule has 1 aromatic heterocycles. The minimum absolute atomic E-state index is 0.172. The molecule has 0 saturated heterocycles. The number of benzene rings is 1. The third-order valence-corrected chi connectivity index (χ3v) is 3.55. The molecule has 21 heavy (non-hydrogen) atoms. The normalized spacial score (nSPS) is 13.3. The third kappa shape index (κ3) is 3.50. The Bertz CT molecular complexity index is 736. The van der Waals surface area contributed by atoms with Gasteiger partial charge in [-0.3, -0.25) is 0 Å². The number of carbonyl (C=O) groups is 2. The van der Waals surface area contributed by atoms with Crippen molar-refractivity contribution >= 4 is 38.8 Å². The molecule has 4 N–H and O–H groups in total. The second-order valence-electron chi connectivity index (χ2n) is 4.52. The first-order valence-corrected chi connectivity index (χ1v) is 6.85. The van der Waals surface area contributed by atoms with Crippen molar-refractivity contribution in [1.82, 2.24) is 4.57 Å². The monoisotopic (exact) mass is 352 g/mol. The summed E-state index contributed by atoms with van der Waals surface area (Å²) >= 11 is 3.37. The summed E-state index contributed by atoms with van der Waals surface area (Å²) < 4.78 is 2.69. The Morgan fingerprint density at radius 2 is 2.05 bits per heavy atom. The lowest BCUT2D eigenvalue weighted by atomic mass is 10.1. The number of rotatable bonds is 5. The van der Waals surface area contributed by atoms with Crippen molar-refractivity contribution in [2.75, 3.05) is 0 Å². The standard InChI is InChI=1S/C14H13BrN2O4/c15-9-2-1-8-3-4-17(12(8)5-9)7-11(16)10(14(20)21)6-13(18)19/h1-6,11H,7,16H2,(H,18,19)(H,20,21)/b10-6-. The van der Waals surface area contributed by atoms with Crippen molar-refractivity contribution in [2.24, 2.45) is 5.73 Å². The Balaban J connectivity index is 2.32. The van der Waals surface area contributed by atoms with Gasteiger partial charge >= 0.3 is 11.9 Å². The van der Waals surface area contributed by atoms with Gasteiger partial charge in [0, 0.05) is 28.8 Å². The van der Waals surface area contributed by atoms with Crippen LogP contribution in [0.5, 0.6) is 0 Å². The lowest BCUT2D eigenvalue weighted by Crippen LogP contribution is -2.32. The number of carboxylic acids is 2. The van der Waals surface area contributed by atoms with Crippen LogP contribution in [0, 0.1) is 0 Å². The van der Waals surface area contributed by atoms with Crippen molar-refractivity contribution in [2.45, 2.75) is 12.6 Å². The molecule has 110 valence electrons. The van der Waals surface area contributed by atoms with Gasteiger partial charge in [0.15, 0.2) is 0 Å². The average Bonchev–Trinajstić information content (AvgIpc) is 2.78. The van der Waals surface area contributed by atoms with E-state index in [4.69, 9.17) is 15.9 Å². The van der Waals surface area contributed by atoms with Crippen LogP contribution in [-0.4, -0.2) is 32.8 Å². The molecule has 1 heterocycles. The molecule has 0 saturated carbocycles. The number of carboxylic acid groups (broad SMARTS) is 2. The zero-order valence-corrected chi connectivity index (χ0v) is 12.4. The second-order valence-corrected chi connectivity index (χ2v) is 5.44. The summed E-state index contributed by atoms with van der Waals surface area (Å²) in [4.78, 5) is 21.8. The van der Waals surface area contributed by atoms with Crippen LogP contribution in [0.25, 0.3) is 10.9 Å². The number of hydrogen-bond acceptors (Lipinski definition) is 3. The fraction of sp³-hybridized carbons (Fsp3) is 0.143. The zero-order chi connectivity index (χ0) is 15.6. The van der Waals surface area contributed by atoms with Gasteiger partial charge in [-0.15, -0.1) is 0 Å². The van der Waals surface area contributed by atoms with Gasteiger partial charge in [0.2, 0.25) is 0 Å². The van der Waals surface area contributed by atoms with Crippen LogP contribution >= 0.6 is 15.9 Å². The molecule has 0 aliphatic heterocycles. The summed E-state index contributed by atoms with van der Waals surface area (Å²) in [5, 5.41) is 18.7. The van der Waals surface area contributed by atoms with Crippen molar-refractivity contribution in [3.8, 4) is 0 Å². The molecule has 2 rings (SSSR count). The Kier molecular flexibility index (Phi) is 4.44. The molecule has 1 unspecified atom stereocenters. The average molecular weight is 353 g/mol. The van der Waals surface area contributed by atoms with Gasteiger partial charge in [-0.25, -0.2) is 9.59 Å². The Hall–Kier alpha value is -2.12. The van der Waals surface area contributed by atoms with Crippen LogP contribution in [0.15, 0.2) is 46.6 Å². The van der Waals surface area contributed by atoms with Gasteiger partial charge in [0.25, 0.3) is 0 Å². The van der Waals surface area contributed by atoms with E-state index in [2.05, 4.69) is 15.9 Å². The van der Waals surface area contributed by atoms with Gasteiger partial charge in [-0.2, -0.15) is 0 Å². The SMILES string of the molecule is NC(Cn1ccc2ccc(Br)cc21)/C(=C/C(=O)O)C(=O)O. The highest BCUT2D eigenvalue weighted by Crippen LogP contribution is 2.21. The van der Waals surface area contributed by atoms with E-state index < -0.39 is 18.0 Å². The number of hydrogen-bond donors (Lipinski definition) is 3. The van der Waals surface area contributed by atoms with Crippen molar-refractivity contribution < 1.29 is 19.8 Å². The summed E-state index contributed by atoms with van der Waals surface area (Å²) in [6.45, 7) is 0.172. The summed E-state index contributed by atoms with van der Waals surface area (Å²) in [5.41, 5.74) is 6.40. The van der Waals surface area contributed by atoms with Crippen LogP contribution in [0.4, 0.5) is 0 Å². The zero-order valence-electron chi connectivity index (χ0n) is 10.9. The quantitative estimate of drug-likeness (QED) is 0.711. The van der Waals surface area contributed by atoms with E-state index >= 15 is 0 Å². The highest BCUT2D eigenvalue weighted by Gasteiger charge is 2.19. The number of nitrogens with two attached hydrogens (primary N) is 1. The van der Waals surface area contributed by atoms with Crippen molar-refractivity contribution in [3.05, 3.63) is 46.6 Å². The molecular weight excluding hydrogens is 340 g/mol. The first-order valence-electron chi connectivity index (χ1n) is 6.06. The van der Waals surface area contributed by atoms with Crippen molar-refractivity contribution in [3.63, 3.8) is 0 Å². The molecule has 7 heteroatoms. The van der Waals surface area contributed by atoms with Crippen molar-refractivity contribution in [1.29, 1.82) is 0 Å². The minimum atomic E-state index is -1.33. The van der Waals surface area contributed by atoms with Crippen LogP contribution in [0.2, 0.25) is 0 Å². The van der Waals surface area contributed by atoms with E-state index in [1.165, 1.54) is 0 Å². The van der Waals surface area contributed by atoms with E-state index in [-0.39, 0.29) is 12.1 Å². The molecule has 0 fully saturated rings. The fourth-order valence-electron chi connectivity index (χ4n) is 2.09. The molecule has 0 aliphatic carbocycles. The van der Waals surface area contributed by atoms with E-state index in [1.54, 1.807) is 10.8 Å². The molecule has 0 radical (unpaired) electrons. The molecule has 1 atom stereocenters. The number of halogens is 1. The Labute approximate surface area is 128 Å². The maximum Gasteiger partial charge on any atom is 0.333 e. The summed E-state index contributed by atoms with van der Waals surface area (Å²) in [5.74, 6) is -2.66. The predicted molar refractivity (Wildman–Crippen MR) is 81.0 cm³/mol. The van der Waals surface area contributed by atoms with Gasteiger partial charge in [-0.05, 0) is 23.6 Å². The second kappa shape index (κ2) is 6.11. The molecule has 6 nitrogen and oxygen atoms in total. The lowest BCUT2D eigenvalue weighted by molar-refractivity contribution is -0.135. The van der Waals surface area contributed by atoms with Gasteiger partial charge in [0.05, 0.1) is 11.6 Å². The van der Waals surface area contributed by atoms with E-state index in [0.717, 1.165) is 15.4 Å². The van der Waals surface area contributed by atoms with E-state index in [9.17, 15) is 9.59 Å². The minimum Gasteiger partial charge on any atom is -0.478 e. The van der Waals surface area contributed by atoms with Crippen LogP contribution in [0.1, 0.15) is 0 Å². The Morgan fingerprint density at radius 1 is 1.33 bits per heavy atom. The van der Waals surface area contributed by atoms with Gasteiger partial charge in [0.1, 0.15) is 0 Å². The summed E-state index contributed by atoms with van der Waals surface area (Å²) in [6.07, 6.45) is 2.42. The predicted octanol–water partition coefficient (Wildman–Crippen LogP) is 1.83. The maximum absolute atomic E-state index is 11.1. The smallest absolute Gasteiger partial charge is 0.333 e. The first-order chi connectivity index (χ1) is 9.88. The number of fused-ring (bicyclic) bond motifs is 1. The molecule has 0 bridgehead atoms. The highest BCUT2D eigenvalue weighted by molar-refractivity contribution is 9.10. The van der Waals surface area contributed by atoms with Gasteiger partial charge in [-0.1, -0.05) is 22.0 Å². The Morgan fingerprint density at radius 3 is 2.67 bits per heavy atom. The maximum atomic E-state index is 11.1. The van der Waals surface area contributed by atoms with Gasteiger partial charge < -0.3 is 20.5 Å². The molecule has 2 aromatic rings. The third-order valence-electron chi connectivity index (χ3n) is 3.05. The van der Waals surface area contributed by atoms with Crippen LogP contribution in [-0.2, 0) is 16.1 Å². The molecule has 1 aromatic carbocycles. The molecule has 0 spiro atoms. The largest absolute Gasteiger partial charge is 0.478 e. The highest BCUT2D eigenvalue weighted by atomic mass is 79.9. The number of nitrogens with zero attached hydrogens (tertiary/aromatic N) is 1. The van der Waals surface area contributed by atoms with Crippen LogP contribution in [0.3, 0.4) is 0 Å². The van der Waals surface area contributed by atoms with E-state index in [0.29, 0.717) is 6.08 Å². The first kappa shape index (κ1) is 15.3. The summed E-state index contributed by atoms with van der Waals surface area (Å²) in [6, 6.07) is 6.68. The number of aliphatic carboxylic acids is 2. The molecule has 0 amide bonds. The number of aromatic nitrogens is 1. The van der Waals surface area contributed by atoms with E-state index in [1.807, 2.05) is 24.3 Å². The summed E-state index contributed by atoms with van der Waals surface area (Å²) in [7, 11) is 0. The molecular formula is C14H13BrN2O4. The fourth-order valence-corrected chi connectivity index (χ4v) is 2.44. The molecule has 0 aliphatic rings. The lowest BCUT2D eigenvalue weighted by Gasteiger charge is -2.14. The topological polar surface area (TPSA) is 106 Å².